The summed E-state index contributed by atoms with van der Waals surface area (Å²) in [5, 5.41) is 3.25. The molecule has 0 aromatic heterocycles. The van der Waals surface area contributed by atoms with E-state index < -0.39 is 0 Å². The van der Waals surface area contributed by atoms with Gasteiger partial charge in [-0.2, -0.15) is 0 Å². The number of carbonyl (C=O) groups is 2. The van der Waals surface area contributed by atoms with Crippen molar-refractivity contribution in [1.29, 1.82) is 0 Å². The minimum Gasteiger partial charge on any atom is -0.350 e. The van der Waals surface area contributed by atoms with E-state index in [0.29, 0.717) is 12.3 Å². The Hall–Kier alpha value is -1.07. The zero-order valence-corrected chi connectivity index (χ0v) is 16.3. The van der Waals surface area contributed by atoms with Crippen molar-refractivity contribution in [1.82, 2.24) is 15.1 Å². The van der Waals surface area contributed by atoms with Crippen molar-refractivity contribution < 1.29 is 9.59 Å². The van der Waals surface area contributed by atoms with Gasteiger partial charge in [0.1, 0.15) is 0 Å². The number of halogens is 1. The molecule has 5 nitrogen and oxygen atoms in total. The van der Waals surface area contributed by atoms with Crippen LogP contribution in [0.4, 0.5) is 0 Å². The molecule has 2 amide bonds. The molecule has 142 valence electrons. The molecule has 2 saturated heterocycles. The maximum atomic E-state index is 12.5. The summed E-state index contributed by atoms with van der Waals surface area (Å²) in [6.45, 7) is 8.24. The van der Waals surface area contributed by atoms with Crippen LogP contribution in [0, 0.1) is 11.8 Å². The van der Waals surface area contributed by atoms with Gasteiger partial charge in [-0.3, -0.25) is 14.5 Å². The SMILES string of the molecule is C/C=C(\C)CN1C[C@H](NC(=O)CN2CCCCC2=O)[C@@H](C2CC2)C1.Cl. The largest absolute Gasteiger partial charge is 0.350 e. The molecule has 2 aliphatic heterocycles. The zero-order valence-electron chi connectivity index (χ0n) is 15.5. The fourth-order valence-electron chi connectivity index (χ4n) is 4.10. The van der Waals surface area contributed by atoms with Crippen LogP contribution in [0.3, 0.4) is 0 Å². The van der Waals surface area contributed by atoms with Crippen molar-refractivity contribution in [3.05, 3.63) is 11.6 Å². The first-order valence-corrected chi connectivity index (χ1v) is 9.48. The van der Waals surface area contributed by atoms with Gasteiger partial charge in [-0.15, -0.1) is 12.4 Å². The Labute approximate surface area is 157 Å². The molecule has 3 rings (SSSR count). The van der Waals surface area contributed by atoms with Crippen molar-refractivity contribution in [2.45, 2.75) is 52.0 Å². The number of likely N-dealkylation sites (tertiary alicyclic amines) is 2. The summed E-state index contributed by atoms with van der Waals surface area (Å²) in [5.41, 5.74) is 1.38. The van der Waals surface area contributed by atoms with E-state index in [1.807, 2.05) is 0 Å². The first-order chi connectivity index (χ1) is 11.6. The zero-order chi connectivity index (χ0) is 17.1. The predicted octanol–water partition coefficient (Wildman–Crippen LogP) is 2.21. The quantitative estimate of drug-likeness (QED) is 0.730. The van der Waals surface area contributed by atoms with E-state index in [-0.39, 0.29) is 36.8 Å². The molecule has 0 spiro atoms. The standard InChI is InChI=1S/C19H31N3O2.ClH/c1-3-14(2)10-21-11-16(15-7-8-15)17(12-21)20-18(23)13-22-9-5-4-6-19(22)24;/h3,15-17H,4-13H2,1-2H3,(H,20,23);1H/b14-3+;/t16-,17+;/m1./s1. The lowest BCUT2D eigenvalue weighted by Gasteiger charge is -2.27. The number of amides is 2. The third-order valence-electron chi connectivity index (χ3n) is 5.74. The number of allylic oxidation sites excluding steroid dienone is 1. The lowest BCUT2D eigenvalue weighted by Crippen LogP contribution is -2.48. The number of rotatable bonds is 6. The highest BCUT2D eigenvalue weighted by molar-refractivity contribution is 5.85. The molecule has 0 aromatic rings. The van der Waals surface area contributed by atoms with Crippen LogP contribution in [-0.2, 0) is 9.59 Å². The second-order valence-electron chi connectivity index (χ2n) is 7.78. The first-order valence-electron chi connectivity index (χ1n) is 9.48. The van der Waals surface area contributed by atoms with Crippen LogP contribution in [-0.4, -0.2) is 60.4 Å². The van der Waals surface area contributed by atoms with Crippen LogP contribution in [0.15, 0.2) is 11.6 Å². The Morgan fingerprint density at radius 3 is 2.64 bits per heavy atom. The third-order valence-corrected chi connectivity index (χ3v) is 5.74. The molecule has 1 aliphatic carbocycles. The maximum absolute atomic E-state index is 12.5. The summed E-state index contributed by atoms with van der Waals surface area (Å²) in [6, 6.07) is 0.245. The number of piperidine rings is 1. The molecule has 0 aromatic carbocycles. The van der Waals surface area contributed by atoms with E-state index in [1.54, 1.807) is 4.90 Å². The molecule has 0 bridgehead atoms. The summed E-state index contributed by atoms with van der Waals surface area (Å²) in [5.74, 6) is 1.51. The Kier molecular flexibility index (Phi) is 7.32. The van der Waals surface area contributed by atoms with E-state index >= 15 is 0 Å². The van der Waals surface area contributed by atoms with Crippen molar-refractivity contribution in [3.8, 4) is 0 Å². The minimum atomic E-state index is 0. The minimum absolute atomic E-state index is 0. The van der Waals surface area contributed by atoms with Gasteiger partial charge < -0.3 is 10.2 Å². The molecule has 2 atom stereocenters. The van der Waals surface area contributed by atoms with Gasteiger partial charge in [0.2, 0.25) is 11.8 Å². The van der Waals surface area contributed by atoms with Gasteiger partial charge in [-0.25, -0.2) is 0 Å². The number of nitrogens with one attached hydrogen (secondary N) is 1. The molecule has 0 unspecified atom stereocenters. The monoisotopic (exact) mass is 369 g/mol. The average molecular weight is 370 g/mol. The Morgan fingerprint density at radius 1 is 1.24 bits per heavy atom. The lowest BCUT2D eigenvalue weighted by molar-refractivity contribution is -0.138. The molecule has 6 heteroatoms. The van der Waals surface area contributed by atoms with Crippen LogP contribution < -0.4 is 5.32 Å². The van der Waals surface area contributed by atoms with Crippen LogP contribution >= 0.6 is 12.4 Å². The van der Waals surface area contributed by atoms with Crippen LogP contribution in [0.1, 0.15) is 46.0 Å². The number of nitrogens with zero attached hydrogens (tertiary/aromatic N) is 2. The molecule has 25 heavy (non-hydrogen) atoms. The molecule has 3 aliphatic rings. The summed E-state index contributed by atoms with van der Waals surface area (Å²) >= 11 is 0. The van der Waals surface area contributed by atoms with Gasteiger partial charge in [0, 0.05) is 38.6 Å². The van der Waals surface area contributed by atoms with Gasteiger partial charge in [0.15, 0.2) is 0 Å². The summed E-state index contributed by atoms with van der Waals surface area (Å²) in [6.07, 6.45) is 7.35. The molecule has 2 heterocycles. The second kappa shape index (κ2) is 9.04. The van der Waals surface area contributed by atoms with Gasteiger partial charge >= 0.3 is 0 Å². The van der Waals surface area contributed by atoms with Gasteiger partial charge in [0.05, 0.1) is 6.54 Å². The molecule has 1 N–H and O–H groups in total. The molecular weight excluding hydrogens is 338 g/mol. The highest BCUT2D eigenvalue weighted by Gasteiger charge is 2.43. The third kappa shape index (κ3) is 5.45. The molecular formula is C19H32ClN3O2. The van der Waals surface area contributed by atoms with E-state index in [1.165, 1.54) is 18.4 Å². The average Bonchev–Trinajstić information content (AvgIpc) is 3.32. The van der Waals surface area contributed by atoms with Crippen molar-refractivity contribution >= 4 is 24.2 Å². The lowest BCUT2D eigenvalue weighted by atomic mass is 9.98. The van der Waals surface area contributed by atoms with E-state index in [4.69, 9.17) is 0 Å². The topological polar surface area (TPSA) is 52.7 Å². The Morgan fingerprint density at radius 2 is 2.00 bits per heavy atom. The second-order valence-corrected chi connectivity index (χ2v) is 7.78. The van der Waals surface area contributed by atoms with Crippen molar-refractivity contribution in [2.24, 2.45) is 11.8 Å². The van der Waals surface area contributed by atoms with Crippen molar-refractivity contribution in [2.75, 3.05) is 32.7 Å². The first kappa shape index (κ1) is 20.2. The Bertz CT molecular complexity index is 519. The highest BCUT2D eigenvalue weighted by Crippen LogP contribution is 2.41. The Balaban J connectivity index is 0.00000225. The van der Waals surface area contributed by atoms with Crippen LogP contribution in [0.5, 0.6) is 0 Å². The maximum Gasteiger partial charge on any atom is 0.239 e. The van der Waals surface area contributed by atoms with Crippen LogP contribution in [0.25, 0.3) is 0 Å². The van der Waals surface area contributed by atoms with Crippen molar-refractivity contribution in [3.63, 3.8) is 0 Å². The normalized spacial score (nSPS) is 28.0. The number of hydrogen-bond donors (Lipinski definition) is 1. The number of hydrogen-bond acceptors (Lipinski definition) is 3. The fraction of sp³-hybridized carbons (Fsp3) is 0.789. The summed E-state index contributed by atoms with van der Waals surface area (Å²) in [7, 11) is 0. The van der Waals surface area contributed by atoms with Gasteiger partial charge in [-0.05, 0) is 51.4 Å². The van der Waals surface area contributed by atoms with Gasteiger partial charge in [-0.1, -0.05) is 11.6 Å². The van der Waals surface area contributed by atoms with E-state index in [2.05, 4.69) is 30.1 Å². The summed E-state index contributed by atoms with van der Waals surface area (Å²) < 4.78 is 0. The molecule has 0 radical (unpaired) electrons. The van der Waals surface area contributed by atoms with E-state index in [9.17, 15) is 9.59 Å². The highest BCUT2D eigenvalue weighted by atomic mass is 35.5. The predicted molar refractivity (Wildman–Crippen MR) is 102 cm³/mol. The smallest absolute Gasteiger partial charge is 0.239 e. The molecule has 1 saturated carbocycles. The summed E-state index contributed by atoms with van der Waals surface area (Å²) in [4.78, 5) is 28.5. The fourth-order valence-corrected chi connectivity index (χ4v) is 4.10. The number of carbonyl (C=O) groups excluding carboxylic acids is 2. The van der Waals surface area contributed by atoms with Gasteiger partial charge in [0.25, 0.3) is 0 Å². The van der Waals surface area contributed by atoms with Crippen LogP contribution in [0.2, 0.25) is 0 Å². The molecule has 3 fully saturated rings. The van der Waals surface area contributed by atoms with E-state index in [0.717, 1.165) is 44.9 Å².